The molecule has 0 radical (unpaired) electrons. The van der Waals surface area contributed by atoms with Gasteiger partial charge in [0.05, 0.1) is 12.8 Å². The van der Waals surface area contributed by atoms with Crippen molar-refractivity contribution in [1.29, 1.82) is 0 Å². The summed E-state index contributed by atoms with van der Waals surface area (Å²) in [6, 6.07) is 11.7. The van der Waals surface area contributed by atoms with Crippen molar-refractivity contribution in [2.24, 2.45) is 0 Å². The van der Waals surface area contributed by atoms with Gasteiger partial charge in [-0.1, -0.05) is 6.07 Å². The van der Waals surface area contributed by atoms with Gasteiger partial charge in [-0.05, 0) is 49.2 Å². The Morgan fingerprint density at radius 2 is 2.19 bits per heavy atom. The third-order valence-electron chi connectivity index (χ3n) is 4.97. The van der Waals surface area contributed by atoms with E-state index < -0.39 is 0 Å². The van der Waals surface area contributed by atoms with Crippen LogP contribution in [0.5, 0.6) is 11.5 Å². The van der Waals surface area contributed by atoms with E-state index in [9.17, 15) is 4.79 Å². The average molecular weight is 419 g/mol. The van der Waals surface area contributed by atoms with Crippen molar-refractivity contribution in [2.45, 2.75) is 31.9 Å². The molecule has 3 aromatic rings. The number of hydrogen-bond acceptors (Lipinski definition) is 6. The minimum Gasteiger partial charge on any atom is -0.497 e. The van der Waals surface area contributed by atoms with Crippen LogP contribution in [0.15, 0.2) is 55.0 Å². The predicted octanol–water partition coefficient (Wildman–Crippen LogP) is 2.97. The Morgan fingerprint density at radius 3 is 2.97 bits per heavy atom. The lowest BCUT2D eigenvalue weighted by atomic mass is 10.1. The third-order valence-corrected chi connectivity index (χ3v) is 4.97. The molecule has 1 aliphatic carbocycles. The second-order valence-corrected chi connectivity index (χ2v) is 7.27. The highest BCUT2D eigenvalue weighted by Crippen LogP contribution is 2.35. The molecule has 1 fully saturated rings. The van der Waals surface area contributed by atoms with Crippen LogP contribution in [-0.2, 0) is 17.8 Å². The van der Waals surface area contributed by atoms with Gasteiger partial charge in [0.2, 0.25) is 5.91 Å². The van der Waals surface area contributed by atoms with Crippen LogP contribution < -0.4 is 14.8 Å². The van der Waals surface area contributed by atoms with E-state index in [1.165, 1.54) is 18.9 Å². The molecular formula is C23H25N5O3. The lowest BCUT2D eigenvalue weighted by Gasteiger charge is -2.10. The van der Waals surface area contributed by atoms with Crippen LogP contribution in [-0.4, -0.2) is 39.3 Å². The van der Waals surface area contributed by atoms with E-state index in [0.717, 1.165) is 17.1 Å². The maximum Gasteiger partial charge on any atom is 0.244 e. The Labute approximate surface area is 180 Å². The smallest absolute Gasteiger partial charge is 0.244 e. The number of rotatable bonds is 10. The number of carbonyl (C=O) groups is 1. The number of benzene rings is 1. The molecular weight excluding hydrogens is 394 g/mol. The van der Waals surface area contributed by atoms with Crippen molar-refractivity contribution in [2.75, 3.05) is 13.7 Å². The molecule has 8 nitrogen and oxygen atoms in total. The second kappa shape index (κ2) is 9.88. The van der Waals surface area contributed by atoms with Crippen molar-refractivity contribution < 1.29 is 14.3 Å². The first-order chi connectivity index (χ1) is 15.2. The average Bonchev–Trinajstić information content (AvgIpc) is 3.55. The molecule has 2 heterocycles. The first-order valence-corrected chi connectivity index (χ1v) is 10.3. The Bertz CT molecular complexity index is 1040. The monoisotopic (exact) mass is 419 g/mol. The highest BCUT2D eigenvalue weighted by molar-refractivity contribution is 5.92. The van der Waals surface area contributed by atoms with Gasteiger partial charge in [0.15, 0.2) is 0 Å². The van der Waals surface area contributed by atoms with Gasteiger partial charge in [-0.3, -0.25) is 9.78 Å². The van der Waals surface area contributed by atoms with Crippen molar-refractivity contribution in [3.8, 4) is 11.5 Å². The predicted molar refractivity (Wildman–Crippen MR) is 116 cm³/mol. The van der Waals surface area contributed by atoms with Crippen LogP contribution in [0.3, 0.4) is 0 Å². The lowest BCUT2D eigenvalue weighted by Crippen LogP contribution is -2.24. The fourth-order valence-corrected chi connectivity index (χ4v) is 3.18. The molecule has 1 aromatic carbocycles. The number of amides is 1. The number of methoxy groups -OCH3 is 1. The van der Waals surface area contributed by atoms with Crippen molar-refractivity contribution >= 4 is 12.0 Å². The largest absolute Gasteiger partial charge is 0.497 e. The number of aromatic nitrogens is 4. The molecule has 2 aromatic heterocycles. The molecule has 4 rings (SSSR count). The van der Waals surface area contributed by atoms with Crippen molar-refractivity contribution in [3.63, 3.8) is 0 Å². The number of pyridine rings is 1. The quantitative estimate of drug-likeness (QED) is 0.508. The molecule has 1 amide bonds. The van der Waals surface area contributed by atoms with Gasteiger partial charge in [0.1, 0.15) is 30.3 Å². The number of nitrogens with one attached hydrogen (secondary N) is 1. The van der Waals surface area contributed by atoms with Crippen LogP contribution in [0.1, 0.15) is 36.0 Å². The zero-order chi connectivity index (χ0) is 21.5. The van der Waals surface area contributed by atoms with E-state index in [0.29, 0.717) is 37.1 Å². The Kier molecular flexibility index (Phi) is 6.56. The van der Waals surface area contributed by atoms with Crippen molar-refractivity contribution in [1.82, 2.24) is 25.1 Å². The first kappa shape index (κ1) is 20.6. The van der Waals surface area contributed by atoms with Gasteiger partial charge in [-0.25, -0.2) is 0 Å². The zero-order valence-electron chi connectivity index (χ0n) is 17.4. The number of nitrogens with zero attached hydrogens (tertiary/aromatic N) is 4. The molecule has 0 bridgehead atoms. The number of carbonyl (C=O) groups excluding carboxylic acids is 1. The van der Waals surface area contributed by atoms with Crippen LogP contribution in [0.25, 0.3) is 6.08 Å². The SMILES string of the molecule is COc1ccc(OCc2ccccn2)c(C=CC(=O)NCCc2nncn2C2CC2)c1. The molecule has 1 aliphatic rings. The zero-order valence-corrected chi connectivity index (χ0v) is 17.4. The maximum atomic E-state index is 12.3. The first-order valence-electron chi connectivity index (χ1n) is 10.3. The Hall–Kier alpha value is -3.68. The molecule has 1 N–H and O–H groups in total. The third kappa shape index (κ3) is 5.69. The highest BCUT2D eigenvalue weighted by Gasteiger charge is 2.25. The molecule has 31 heavy (non-hydrogen) atoms. The van der Waals surface area contributed by atoms with Gasteiger partial charge < -0.3 is 19.4 Å². The van der Waals surface area contributed by atoms with Crippen LogP contribution in [0.4, 0.5) is 0 Å². The summed E-state index contributed by atoms with van der Waals surface area (Å²) in [7, 11) is 1.60. The maximum absolute atomic E-state index is 12.3. The molecule has 0 atom stereocenters. The van der Waals surface area contributed by atoms with E-state index in [4.69, 9.17) is 9.47 Å². The van der Waals surface area contributed by atoms with E-state index in [-0.39, 0.29) is 5.91 Å². The summed E-state index contributed by atoms with van der Waals surface area (Å²) in [5.74, 6) is 2.05. The summed E-state index contributed by atoms with van der Waals surface area (Å²) in [5.41, 5.74) is 1.57. The van der Waals surface area contributed by atoms with E-state index in [1.807, 2.05) is 36.4 Å². The van der Waals surface area contributed by atoms with E-state index in [2.05, 4.69) is 25.1 Å². The summed E-state index contributed by atoms with van der Waals surface area (Å²) in [5, 5.41) is 11.0. The fourth-order valence-electron chi connectivity index (χ4n) is 3.18. The standard InChI is InChI=1S/C23H25N5O3/c1-30-20-8-9-21(31-15-18-4-2-3-12-24-18)17(14-20)5-10-23(29)25-13-11-22-27-26-16-28(22)19-6-7-19/h2-5,8-10,12,14,16,19H,6-7,11,13,15H2,1H3,(H,25,29). The molecule has 0 unspecified atom stereocenters. The summed E-state index contributed by atoms with van der Waals surface area (Å²) >= 11 is 0. The van der Waals surface area contributed by atoms with Crippen LogP contribution in [0.2, 0.25) is 0 Å². The van der Waals surface area contributed by atoms with Gasteiger partial charge in [0, 0.05) is 36.8 Å². The lowest BCUT2D eigenvalue weighted by molar-refractivity contribution is -0.116. The van der Waals surface area contributed by atoms with Gasteiger partial charge in [-0.15, -0.1) is 10.2 Å². The summed E-state index contributed by atoms with van der Waals surface area (Å²) < 4.78 is 13.3. The highest BCUT2D eigenvalue weighted by atomic mass is 16.5. The minimum atomic E-state index is -0.184. The van der Waals surface area contributed by atoms with Crippen LogP contribution >= 0.6 is 0 Å². The topological polar surface area (TPSA) is 91.2 Å². The Balaban J connectivity index is 1.34. The molecule has 160 valence electrons. The number of hydrogen-bond donors (Lipinski definition) is 1. The van der Waals surface area contributed by atoms with Gasteiger partial charge in [0.25, 0.3) is 0 Å². The molecule has 8 heteroatoms. The van der Waals surface area contributed by atoms with Crippen LogP contribution in [0, 0.1) is 0 Å². The summed E-state index contributed by atoms with van der Waals surface area (Å²) in [6.07, 6.45) is 9.70. The second-order valence-electron chi connectivity index (χ2n) is 7.27. The molecule has 0 spiro atoms. The normalized spacial score (nSPS) is 13.3. The number of ether oxygens (including phenoxy) is 2. The molecule has 0 saturated heterocycles. The van der Waals surface area contributed by atoms with E-state index >= 15 is 0 Å². The molecule has 0 aliphatic heterocycles. The molecule has 1 saturated carbocycles. The van der Waals surface area contributed by atoms with Gasteiger partial charge in [-0.2, -0.15) is 0 Å². The van der Waals surface area contributed by atoms with E-state index in [1.54, 1.807) is 25.7 Å². The van der Waals surface area contributed by atoms with Gasteiger partial charge >= 0.3 is 0 Å². The fraction of sp³-hybridized carbons (Fsp3) is 0.304. The Morgan fingerprint density at radius 1 is 1.29 bits per heavy atom. The minimum absolute atomic E-state index is 0.184. The summed E-state index contributed by atoms with van der Waals surface area (Å²) in [6.45, 7) is 0.831. The summed E-state index contributed by atoms with van der Waals surface area (Å²) in [4.78, 5) is 16.6. The van der Waals surface area contributed by atoms with Crippen molar-refractivity contribution in [3.05, 3.63) is 72.1 Å².